The molecular weight excluding hydrogens is 221 g/mol. The number of nitrogens with zero attached hydrogens (tertiary/aromatic N) is 1. The number of fused-ring (bicyclic) bond motifs is 3. The molecule has 1 aliphatic carbocycles. The average molecular weight is 233 g/mol. The first-order valence-electron chi connectivity index (χ1n) is 5.43. The van der Waals surface area contributed by atoms with E-state index in [-0.39, 0.29) is 5.91 Å². The minimum Gasteiger partial charge on any atom is -0.359 e. The number of aromatic nitrogens is 2. The number of nitrogens with one attached hydrogen (secondary N) is 2. The summed E-state index contributed by atoms with van der Waals surface area (Å²) in [6.45, 7) is 2.70. The van der Waals surface area contributed by atoms with Gasteiger partial charge in [-0.3, -0.25) is 4.79 Å². The van der Waals surface area contributed by atoms with Gasteiger partial charge in [-0.1, -0.05) is 0 Å². The molecule has 5 heteroatoms. The molecule has 17 heavy (non-hydrogen) atoms. The molecule has 88 valence electrons. The monoisotopic (exact) mass is 233 g/mol. The predicted molar refractivity (Wildman–Crippen MR) is 62.6 cm³/mol. The van der Waals surface area contributed by atoms with Crippen molar-refractivity contribution < 1.29 is 9.18 Å². The van der Waals surface area contributed by atoms with E-state index >= 15 is 0 Å². The van der Waals surface area contributed by atoms with Crippen LogP contribution in [0.5, 0.6) is 0 Å². The van der Waals surface area contributed by atoms with Gasteiger partial charge in [-0.15, -0.1) is 0 Å². The van der Waals surface area contributed by atoms with Gasteiger partial charge in [0, 0.05) is 11.6 Å². The highest BCUT2D eigenvalue weighted by atomic mass is 19.1. The maximum absolute atomic E-state index is 12.7. The summed E-state index contributed by atoms with van der Waals surface area (Å²) in [5.74, 6) is -0.260. The number of carbonyl (C=O) groups is 1. The van der Waals surface area contributed by atoms with Gasteiger partial charge in [0.2, 0.25) is 0 Å². The maximum atomic E-state index is 12.7. The van der Waals surface area contributed by atoms with E-state index in [1.54, 1.807) is 20.0 Å². The molecule has 1 amide bonds. The summed E-state index contributed by atoms with van der Waals surface area (Å²) in [5, 5.41) is 3.52. The molecule has 0 aromatic carbocycles. The molecule has 1 aromatic rings. The predicted octanol–water partition coefficient (Wildman–Crippen LogP) is 2.02. The van der Waals surface area contributed by atoms with Crippen molar-refractivity contribution in [1.29, 1.82) is 0 Å². The third-order valence-electron chi connectivity index (χ3n) is 2.89. The van der Waals surface area contributed by atoms with Crippen molar-refractivity contribution in [3.05, 3.63) is 17.8 Å². The SMILES string of the molecule is CC(C)(CF)NC(=O)c1c[nH]c2c3nc-3cc12. The second kappa shape index (κ2) is 3.06. The van der Waals surface area contributed by atoms with Gasteiger partial charge >= 0.3 is 0 Å². The second-order valence-electron chi connectivity index (χ2n) is 4.95. The zero-order valence-corrected chi connectivity index (χ0v) is 9.60. The summed E-state index contributed by atoms with van der Waals surface area (Å²) in [5.41, 5.74) is 2.47. The van der Waals surface area contributed by atoms with E-state index in [4.69, 9.17) is 0 Å². The first-order chi connectivity index (χ1) is 8.02. The molecule has 2 aliphatic rings. The molecule has 0 fully saturated rings. The Morgan fingerprint density at radius 1 is 1.59 bits per heavy atom. The number of carbonyl (C=O) groups excluding carboxylic acids is 1. The molecular formula is C12H12FN3O. The highest BCUT2D eigenvalue weighted by Crippen LogP contribution is 2.38. The van der Waals surface area contributed by atoms with Gasteiger partial charge < -0.3 is 10.3 Å². The number of rotatable bonds is 3. The van der Waals surface area contributed by atoms with Crippen LogP contribution >= 0.6 is 0 Å². The summed E-state index contributed by atoms with van der Waals surface area (Å²) in [7, 11) is 0. The maximum Gasteiger partial charge on any atom is 0.253 e. The van der Waals surface area contributed by atoms with Gasteiger partial charge in [-0.25, -0.2) is 9.37 Å². The Balaban J connectivity index is 1.93. The number of hydrogen-bond acceptors (Lipinski definition) is 2. The zero-order chi connectivity index (χ0) is 12.2. The molecule has 1 aliphatic heterocycles. The normalized spacial score (nSPS) is 12.9. The Kier molecular flexibility index (Phi) is 1.85. The standard InChI is InChI=1S/C12H12FN3O/c1-12(2,5-13)16-11(17)7-4-14-9-6(7)3-8-10(9)15-8/h3-4,14H,5H2,1-2H3,(H,16,17). The first kappa shape index (κ1) is 10.3. The van der Waals surface area contributed by atoms with Crippen LogP contribution in [0, 0.1) is 0 Å². The van der Waals surface area contributed by atoms with Crippen molar-refractivity contribution in [2.45, 2.75) is 19.4 Å². The molecule has 0 unspecified atom stereocenters. The fourth-order valence-corrected chi connectivity index (χ4v) is 1.89. The summed E-state index contributed by atoms with van der Waals surface area (Å²) < 4.78 is 12.7. The topological polar surface area (TPSA) is 57.8 Å². The number of alkyl halides is 1. The lowest BCUT2D eigenvalue weighted by atomic mass is 10.1. The molecule has 4 nitrogen and oxygen atoms in total. The number of hydrogen-bond donors (Lipinski definition) is 2. The molecule has 0 atom stereocenters. The van der Waals surface area contributed by atoms with Gasteiger partial charge in [0.1, 0.15) is 12.4 Å². The number of aromatic amines is 1. The Morgan fingerprint density at radius 3 is 3.06 bits per heavy atom. The van der Waals surface area contributed by atoms with Crippen molar-refractivity contribution in [1.82, 2.24) is 15.3 Å². The van der Waals surface area contributed by atoms with E-state index in [0.717, 1.165) is 22.3 Å². The minimum absolute atomic E-state index is 0.260. The number of pyridine rings is 1. The van der Waals surface area contributed by atoms with E-state index in [0.29, 0.717) is 5.56 Å². The molecule has 1 aromatic heterocycles. The van der Waals surface area contributed by atoms with Gasteiger partial charge in [-0.2, -0.15) is 0 Å². The second-order valence-corrected chi connectivity index (χ2v) is 4.95. The lowest BCUT2D eigenvalue weighted by molar-refractivity contribution is 0.0901. The molecule has 2 heterocycles. The molecule has 0 saturated heterocycles. The van der Waals surface area contributed by atoms with Crippen LogP contribution in [0.4, 0.5) is 4.39 Å². The van der Waals surface area contributed by atoms with Crippen LogP contribution in [0.3, 0.4) is 0 Å². The Hall–Kier alpha value is -1.91. The Bertz CT molecular complexity index is 630. The molecule has 2 N–H and O–H groups in total. The lowest BCUT2D eigenvalue weighted by Crippen LogP contribution is -2.45. The summed E-state index contributed by atoms with van der Waals surface area (Å²) in [6.07, 6.45) is 1.64. The van der Waals surface area contributed by atoms with Crippen LogP contribution in [-0.2, 0) is 0 Å². The quantitative estimate of drug-likeness (QED) is 0.727. The zero-order valence-electron chi connectivity index (χ0n) is 9.60. The van der Waals surface area contributed by atoms with Crippen LogP contribution in [0.15, 0.2) is 12.3 Å². The Morgan fingerprint density at radius 2 is 2.35 bits per heavy atom. The van der Waals surface area contributed by atoms with Gasteiger partial charge in [0.05, 0.1) is 22.3 Å². The van der Waals surface area contributed by atoms with E-state index in [1.807, 2.05) is 6.07 Å². The molecule has 3 rings (SSSR count). The Labute approximate surface area is 97.2 Å². The lowest BCUT2D eigenvalue weighted by Gasteiger charge is -2.21. The summed E-state index contributed by atoms with van der Waals surface area (Å²) in [4.78, 5) is 19.1. The smallest absolute Gasteiger partial charge is 0.253 e. The number of H-pyrrole nitrogens is 1. The third-order valence-corrected chi connectivity index (χ3v) is 2.89. The van der Waals surface area contributed by atoms with Crippen LogP contribution in [-0.4, -0.2) is 28.1 Å². The molecule has 0 radical (unpaired) electrons. The van der Waals surface area contributed by atoms with Crippen LogP contribution in [0.1, 0.15) is 24.2 Å². The number of halogens is 1. The number of amides is 1. The van der Waals surface area contributed by atoms with E-state index < -0.39 is 12.2 Å². The largest absolute Gasteiger partial charge is 0.359 e. The summed E-state index contributed by atoms with van der Waals surface area (Å²) in [6, 6.07) is 1.87. The third kappa shape index (κ3) is 1.50. The van der Waals surface area contributed by atoms with Crippen molar-refractivity contribution in [2.24, 2.45) is 0 Å². The highest BCUT2D eigenvalue weighted by Gasteiger charge is 2.27. The van der Waals surface area contributed by atoms with E-state index in [2.05, 4.69) is 15.3 Å². The summed E-state index contributed by atoms with van der Waals surface area (Å²) >= 11 is 0. The van der Waals surface area contributed by atoms with Crippen molar-refractivity contribution in [3.63, 3.8) is 0 Å². The average Bonchev–Trinajstić information content (AvgIpc) is 2.75. The van der Waals surface area contributed by atoms with Crippen molar-refractivity contribution >= 4 is 16.8 Å². The van der Waals surface area contributed by atoms with Gasteiger partial charge in [0.15, 0.2) is 0 Å². The fourth-order valence-electron chi connectivity index (χ4n) is 1.89. The van der Waals surface area contributed by atoms with Crippen LogP contribution in [0.2, 0.25) is 0 Å². The minimum atomic E-state index is -0.840. The fraction of sp³-hybridized carbons (Fsp3) is 0.333. The van der Waals surface area contributed by atoms with Gasteiger partial charge in [-0.05, 0) is 19.9 Å². The van der Waals surface area contributed by atoms with Crippen molar-refractivity contribution in [3.8, 4) is 11.4 Å². The molecule has 0 spiro atoms. The van der Waals surface area contributed by atoms with Crippen LogP contribution in [0.25, 0.3) is 22.3 Å². The van der Waals surface area contributed by atoms with E-state index in [9.17, 15) is 9.18 Å². The van der Waals surface area contributed by atoms with Crippen LogP contribution < -0.4 is 5.32 Å². The molecule has 0 bridgehead atoms. The molecule has 0 saturated carbocycles. The first-order valence-corrected chi connectivity index (χ1v) is 5.43. The van der Waals surface area contributed by atoms with Gasteiger partial charge in [0.25, 0.3) is 5.91 Å². The van der Waals surface area contributed by atoms with E-state index in [1.165, 1.54) is 0 Å². The van der Waals surface area contributed by atoms with Crippen molar-refractivity contribution in [2.75, 3.05) is 6.67 Å². The highest BCUT2D eigenvalue weighted by molar-refractivity contribution is 6.13.